The van der Waals surface area contributed by atoms with Crippen LogP contribution in [0, 0.1) is 0 Å². The van der Waals surface area contributed by atoms with Gasteiger partial charge in [-0.05, 0) is 35.9 Å². The lowest BCUT2D eigenvalue weighted by atomic mass is 10.1. The summed E-state index contributed by atoms with van der Waals surface area (Å²) in [5, 5.41) is 4.50. The minimum Gasteiger partial charge on any atom is -0.378 e. The number of fused-ring (bicyclic) bond motifs is 1. The second-order valence-electron chi connectivity index (χ2n) is 6.57. The molecule has 0 radical (unpaired) electrons. The highest BCUT2D eigenvalue weighted by Crippen LogP contribution is 2.28. The van der Waals surface area contributed by atoms with E-state index < -0.39 is 0 Å². The van der Waals surface area contributed by atoms with E-state index in [0.717, 1.165) is 28.0 Å². The standard InChI is InChI=1S/C22H21N5/c1-27(2)18-8-9-20-19(14-18)22(24-15-16-6-4-3-5-7-16)26-21(25-20)17-10-12-23-13-11-17/h3-14H,15H2,1-2H3,(H,24,25,26). The molecule has 0 amide bonds. The van der Waals surface area contributed by atoms with Gasteiger partial charge in [-0.15, -0.1) is 0 Å². The molecule has 0 saturated carbocycles. The Balaban J connectivity index is 1.80. The van der Waals surface area contributed by atoms with Crippen molar-refractivity contribution in [2.24, 2.45) is 0 Å². The Bertz CT molecular complexity index is 1050. The third-order valence-corrected chi connectivity index (χ3v) is 4.44. The number of anilines is 2. The number of hydrogen-bond donors (Lipinski definition) is 1. The highest BCUT2D eigenvalue weighted by molar-refractivity contribution is 5.93. The molecule has 0 saturated heterocycles. The van der Waals surface area contributed by atoms with Crippen molar-refractivity contribution < 1.29 is 0 Å². The van der Waals surface area contributed by atoms with Gasteiger partial charge in [-0.2, -0.15) is 0 Å². The molecule has 0 fully saturated rings. The molecule has 4 aromatic rings. The van der Waals surface area contributed by atoms with Crippen molar-refractivity contribution in [1.82, 2.24) is 15.0 Å². The van der Waals surface area contributed by atoms with Crippen molar-refractivity contribution in [2.45, 2.75) is 6.54 Å². The van der Waals surface area contributed by atoms with E-state index in [1.807, 2.05) is 50.5 Å². The zero-order valence-corrected chi connectivity index (χ0v) is 15.4. The minimum atomic E-state index is 0.693. The van der Waals surface area contributed by atoms with E-state index in [-0.39, 0.29) is 0 Å². The monoisotopic (exact) mass is 355 g/mol. The van der Waals surface area contributed by atoms with Gasteiger partial charge in [-0.25, -0.2) is 9.97 Å². The van der Waals surface area contributed by atoms with Crippen LogP contribution in [0.25, 0.3) is 22.3 Å². The van der Waals surface area contributed by atoms with Gasteiger partial charge in [-0.1, -0.05) is 30.3 Å². The zero-order chi connectivity index (χ0) is 18.6. The lowest BCUT2D eigenvalue weighted by Gasteiger charge is -2.15. The van der Waals surface area contributed by atoms with Crippen LogP contribution >= 0.6 is 0 Å². The molecule has 1 N–H and O–H groups in total. The molecule has 0 aliphatic carbocycles. The third-order valence-electron chi connectivity index (χ3n) is 4.44. The predicted molar refractivity (Wildman–Crippen MR) is 111 cm³/mol. The number of nitrogens with zero attached hydrogens (tertiary/aromatic N) is 4. The number of pyridine rings is 1. The smallest absolute Gasteiger partial charge is 0.162 e. The Hall–Kier alpha value is -3.47. The molecule has 0 aliphatic rings. The maximum Gasteiger partial charge on any atom is 0.162 e. The van der Waals surface area contributed by atoms with E-state index in [0.29, 0.717) is 12.4 Å². The fourth-order valence-electron chi connectivity index (χ4n) is 2.94. The van der Waals surface area contributed by atoms with Gasteiger partial charge in [0.2, 0.25) is 0 Å². The number of aromatic nitrogens is 3. The van der Waals surface area contributed by atoms with Crippen molar-refractivity contribution >= 4 is 22.4 Å². The Morgan fingerprint density at radius 2 is 1.67 bits per heavy atom. The Kier molecular flexibility index (Phi) is 4.66. The molecule has 0 unspecified atom stereocenters. The second-order valence-corrected chi connectivity index (χ2v) is 6.57. The van der Waals surface area contributed by atoms with Gasteiger partial charge in [0.1, 0.15) is 5.82 Å². The van der Waals surface area contributed by atoms with Gasteiger partial charge in [0.15, 0.2) is 5.82 Å². The lowest BCUT2D eigenvalue weighted by Crippen LogP contribution is -2.09. The largest absolute Gasteiger partial charge is 0.378 e. The van der Waals surface area contributed by atoms with Crippen molar-refractivity contribution in [3.63, 3.8) is 0 Å². The van der Waals surface area contributed by atoms with Crippen LogP contribution in [0.2, 0.25) is 0 Å². The molecular formula is C22H21N5. The molecule has 0 aliphatic heterocycles. The van der Waals surface area contributed by atoms with Crippen molar-refractivity contribution in [2.75, 3.05) is 24.3 Å². The lowest BCUT2D eigenvalue weighted by molar-refractivity contribution is 1.10. The SMILES string of the molecule is CN(C)c1ccc2nc(-c3ccncc3)nc(NCc3ccccc3)c2c1. The highest BCUT2D eigenvalue weighted by Gasteiger charge is 2.11. The first kappa shape index (κ1) is 17.0. The van der Waals surface area contributed by atoms with Gasteiger partial charge in [0.25, 0.3) is 0 Å². The van der Waals surface area contributed by atoms with Gasteiger partial charge < -0.3 is 10.2 Å². The van der Waals surface area contributed by atoms with E-state index in [2.05, 4.69) is 39.5 Å². The maximum absolute atomic E-state index is 4.82. The molecule has 0 spiro atoms. The third kappa shape index (κ3) is 3.72. The molecule has 5 heteroatoms. The molecule has 0 bridgehead atoms. The Labute approximate surface area is 158 Å². The van der Waals surface area contributed by atoms with Gasteiger partial charge in [0, 0.05) is 49.7 Å². The molecule has 2 aromatic heterocycles. The minimum absolute atomic E-state index is 0.693. The van der Waals surface area contributed by atoms with E-state index >= 15 is 0 Å². The topological polar surface area (TPSA) is 53.9 Å². The van der Waals surface area contributed by atoms with Gasteiger partial charge >= 0.3 is 0 Å². The summed E-state index contributed by atoms with van der Waals surface area (Å²) in [6.07, 6.45) is 3.52. The number of rotatable bonds is 5. The first-order valence-electron chi connectivity index (χ1n) is 8.88. The summed E-state index contributed by atoms with van der Waals surface area (Å²) in [7, 11) is 4.06. The number of nitrogens with one attached hydrogen (secondary N) is 1. The van der Waals surface area contributed by atoms with Crippen LogP contribution in [0.5, 0.6) is 0 Å². The molecule has 134 valence electrons. The molecule has 2 heterocycles. The van der Waals surface area contributed by atoms with Crippen LogP contribution in [0.1, 0.15) is 5.56 Å². The Morgan fingerprint density at radius 3 is 2.41 bits per heavy atom. The highest BCUT2D eigenvalue weighted by atomic mass is 15.1. The summed E-state index contributed by atoms with van der Waals surface area (Å²) in [5.74, 6) is 1.53. The van der Waals surface area contributed by atoms with Gasteiger partial charge in [0.05, 0.1) is 5.52 Å². The number of hydrogen-bond acceptors (Lipinski definition) is 5. The molecule has 2 aromatic carbocycles. The summed E-state index contributed by atoms with van der Waals surface area (Å²) in [6.45, 7) is 0.703. The van der Waals surface area contributed by atoms with Crippen LogP contribution in [0.4, 0.5) is 11.5 Å². The summed E-state index contributed by atoms with van der Waals surface area (Å²) in [5.41, 5.74) is 4.19. The van der Waals surface area contributed by atoms with E-state index in [1.165, 1.54) is 5.56 Å². The average molecular weight is 355 g/mol. The normalized spacial score (nSPS) is 10.7. The predicted octanol–water partition coefficient (Wildman–Crippen LogP) is 4.37. The molecular weight excluding hydrogens is 334 g/mol. The van der Waals surface area contributed by atoms with Crippen LogP contribution in [-0.4, -0.2) is 29.0 Å². The average Bonchev–Trinajstić information content (AvgIpc) is 2.72. The summed E-state index contributed by atoms with van der Waals surface area (Å²) in [6, 6.07) is 20.4. The van der Waals surface area contributed by atoms with Crippen LogP contribution < -0.4 is 10.2 Å². The van der Waals surface area contributed by atoms with Crippen LogP contribution in [0.3, 0.4) is 0 Å². The van der Waals surface area contributed by atoms with Crippen molar-refractivity contribution in [3.05, 3.63) is 78.6 Å². The van der Waals surface area contributed by atoms with Gasteiger partial charge in [-0.3, -0.25) is 4.98 Å². The first-order chi connectivity index (χ1) is 13.2. The second kappa shape index (κ2) is 7.41. The molecule has 27 heavy (non-hydrogen) atoms. The van der Waals surface area contributed by atoms with E-state index in [4.69, 9.17) is 9.97 Å². The van der Waals surface area contributed by atoms with E-state index in [1.54, 1.807) is 12.4 Å². The van der Waals surface area contributed by atoms with Crippen LogP contribution in [-0.2, 0) is 6.54 Å². The fourth-order valence-corrected chi connectivity index (χ4v) is 2.94. The summed E-state index contributed by atoms with van der Waals surface area (Å²) in [4.78, 5) is 15.7. The summed E-state index contributed by atoms with van der Waals surface area (Å²) >= 11 is 0. The van der Waals surface area contributed by atoms with E-state index in [9.17, 15) is 0 Å². The van der Waals surface area contributed by atoms with Crippen molar-refractivity contribution in [3.8, 4) is 11.4 Å². The maximum atomic E-state index is 4.82. The fraction of sp³-hybridized carbons (Fsp3) is 0.136. The quantitative estimate of drug-likeness (QED) is 0.576. The first-order valence-corrected chi connectivity index (χ1v) is 8.88. The molecule has 0 atom stereocenters. The Morgan fingerprint density at radius 1 is 0.889 bits per heavy atom. The molecule has 4 rings (SSSR count). The van der Waals surface area contributed by atoms with Crippen molar-refractivity contribution in [1.29, 1.82) is 0 Å². The molecule has 5 nitrogen and oxygen atoms in total. The van der Waals surface area contributed by atoms with Crippen LogP contribution in [0.15, 0.2) is 73.1 Å². The zero-order valence-electron chi connectivity index (χ0n) is 15.4. The number of benzene rings is 2. The summed E-state index contributed by atoms with van der Waals surface area (Å²) < 4.78 is 0.